The molecule has 0 aliphatic carbocycles. The van der Waals surface area contributed by atoms with Crippen LogP contribution < -0.4 is 0 Å². The number of carbonyl (C=O) groups excluding carboxylic acids is 1. The topological polar surface area (TPSA) is 47.3 Å². The van der Waals surface area contributed by atoms with Crippen LogP contribution in [-0.4, -0.2) is 47.9 Å². The lowest BCUT2D eigenvalue weighted by Crippen LogP contribution is -2.50. The normalized spacial score (nSPS) is 27.4. The summed E-state index contributed by atoms with van der Waals surface area (Å²) in [6.07, 6.45) is 6.79. The number of hydrogen-bond acceptors (Lipinski definition) is 3. The first-order valence-electron chi connectivity index (χ1n) is 7.65. The van der Waals surface area contributed by atoms with Gasteiger partial charge in [0.15, 0.2) is 0 Å². The zero-order chi connectivity index (χ0) is 13.7. The van der Waals surface area contributed by atoms with E-state index in [0.29, 0.717) is 0 Å². The SMILES string of the molecule is CC(C(=O)N1CCCCCC1)N1CCCC(C#N)C1. The molecule has 2 rings (SSSR count). The van der Waals surface area contributed by atoms with Gasteiger partial charge in [0.1, 0.15) is 0 Å². The van der Waals surface area contributed by atoms with Crippen LogP contribution in [0.2, 0.25) is 0 Å². The largest absolute Gasteiger partial charge is 0.341 e. The van der Waals surface area contributed by atoms with Crippen molar-refractivity contribution in [3.8, 4) is 6.07 Å². The lowest BCUT2D eigenvalue weighted by Gasteiger charge is -2.36. The maximum Gasteiger partial charge on any atom is 0.239 e. The summed E-state index contributed by atoms with van der Waals surface area (Å²) in [6, 6.07) is 2.29. The van der Waals surface area contributed by atoms with Gasteiger partial charge in [0.25, 0.3) is 0 Å². The van der Waals surface area contributed by atoms with Crippen molar-refractivity contribution in [2.75, 3.05) is 26.2 Å². The van der Waals surface area contributed by atoms with Gasteiger partial charge in [0, 0.05) is 19.6 Å². The van der Waals surface area contributed by atoms with E-state index in [2.05, 4.69) is 11.0 Å². The van der Waals surface area contributed by atoms with E-state index in [9.17, 15) is 4.79 Å². The van der Waals surface area contributed by atoms with Gasteiger partial charge in [-0.05, 0) is 39.2 Å². The van der Waals surface area contributed by atoms with E-state index >= 15 is 0 Å². The number of nitrogens with zero attached hydrogens (tertiary/aromatic N) is 3. The summed E-state index contributed by atoms with van der Waals surface area (Å²) < 4.78 is 0. The van der Waals surface area contributed by atoms with Gasteiger partial charge in [-0.15, -0.1) is 0 Å². The van der Waals surface area contributed by atoms with Gasteiger partial charge in [0.05, 0.1) is 18.0 Å². The van der Waals surface area contributed by atoms with Gasteiger partial charge in [-0.2, -0.15) is 5.26 Å². The van der Waals surface area contributed by atoms with Crippen molar-refractivity contribution in [2.45, 2.75) is 51.5 Å². The Hall–Kier alpha value is -1.08. The molecule has 1 amide bonds. The highest BCUT2D eigenvalue weighted by Gasteiger charge is 2.30. The molecule has 19 heavy (non-hydrogen) atoms. The molecule has 0 aromatic rings. The number of rotatable bonds is 2. The lowest BCUT2D eigenvalue weighted by molar-refractivity contribution is -0.136. The summed E-state index contributed by atoms with van der Waals surface area (Å²) in [6.45, 7) is 5.56. The molecule has 2 aliphatic rings. The molecular formula is C15H25N3O. The van der Waals surface area contributed by atoms with Crippen LogP contribution in [0, 0.1) is 17.2 Å². The highest BCUT2D eigenvalue weighted by Crippen LogP contribution is 2.19. The molecule has 0 bridgehead atoms. The Morgan fingerprint density at radius 1 is 1.16 bits per heavy atom. The van der Waals surface area contributed by atoms with E-state index < -0.39 is 0 Å². The first kappa shape index (κ1) is 14.3. The van der Waals surface area contributed by atoms with E-state index in [-0.39, 0.29) is 17.9 Å². The van der Waals surface area contributed by atoms with Crippen molar-refractivity contribution < 1.29 is 4.79 Å². The Kier molecular flexibility index (Phi) is 5.21. The molecule has 0 aromatic carbocycles. The Morgan fingerprint density at radius 3 is 2.47 bits per heavy atom. The molecule has 2 unspecified atom stereocenters. The highest BCUT2D eigenvalue weighted by molar-refractivity contribution is 5.81. The van der Waals surface area contributed by atoms with E-state index in [0.717, 1.165) is 51.9 Å². The van der Waals surface area contributed by atoms with Crippen molar-refractivity contribution >= 4 is 5.91 Å². The molecule has 2 saturated heterocycles. The van der Waals surface area contributed by atoms with Crippen molar-refractivity contribution in [3.05, 3.63) is 0 Å². The predicted octanol–water partition coefficient (Wildman–Crippen LogP) is 2.01. The van der Waals surface area contributed by atoms with Crippen molar-refractivity contribution in [3.63, 3.8) is 0 Å². The maximum absolute atomic E-state index is 12.5. The summed E-state index contributed by atoms with van der Waals surface area (Å²) >= 11 is 0. The summed E-state index contributed by atoms with van der Waals surface area (Å²) in [5.41, 5.74) is 0. The quantitative estimate of drug-likeness (QED) is 0.765. The molecule has 4 heteroatoms. The van der Waals surface area contributed by atoms with Gasteiger partial charge in [0.2, 0.25) is 5.91 Å². The highest BCUT2D eigenvalue weighted by atomic mass is 16.2. The smallest absolute Gasteiger partial charge is 0.239 e. The van der Waals surface area contributed by atoms with E-state index in [1.165, 1.54) is 12.8 Å². The predicted molar refractivity (Wildman–Crippen MR) is 74.4 cm³/mol. The molecule has 2 fully saturated rings. The number of carbonyl (C=O) groups is 1. The minimum atomic E-state index is -0.0609. The van der Waals surface area contributed by atoms with Crippen LogP contribution >= 0.6 is 0 Å². The van der Waals surface area contributed by atoms with Gasteiger partial charge < -0.3 is 4.90 Å². The molecule has 0 radical (unpaired) electrons. The van der Waals surface area contributed by atoms with Gasteiger partial charge in [-0.25, -0.2) is 0 Å². The second-order valence-corrected chi connectivity index (χ2v) is 5.88. The zero-order valence-electron chi connectivity index (χ0n) is 12.0. The van der Waals surface area contributed by atoms with Crippen LogP contribution in [0.3, 0.4) is 0 Å². The Bertz CT molecular complexity index is 342. The summed E-state index contributed by atoms with van der Waals surface area (Å²) in [4.78, 5) is 16.8. The Balaban J connectivity index is 1.92. The van der Waals surface area contributed by atoms with Crippen LogP contribution in [0.1, 0.15) is 45.4 Å². The number of piperidine rings is 1. The lowest BCUT2D eigenvalue weighted by atomic mass is 9.98. The molecule has 0 aromatic heterocycles. The van der Waals surface area contributed by atoms with Crippen LogP contribution in [0.25, 0.3) is 0 Å². The van der Waals surface area contributed by atoms with Gasteiger partial charge >= 0.3 is 0 Å². The molecule has 2 atom stereocenters. The first-order chi connectivity index (χ1) is 9.22. The Labute approximate surface area is 116 Å². The average molecular weight is 263 g/mol. The van der Waals surface area contributed by atoms with Gasteiger partial charge in [-0.3, -0.25) is 9.69 Å². The van der Waals surface area contributed by atoms with Gasteiger partial charge in [-0.1, -0.05) is 12.8 Å². The minimum Gasteiger partial charge on any atom is -0.341 e. The van der Waals surface area contributed by atoms with E-state index in [1.54, 1.807) is 0 Å². The third-order valence-corrected chi connectivity index (χ3v) is 4.46. The van der Waals surface area contributed by atoms with Crippen molar-refractivity contribution in [1.82, 2.24) is 9.80 Å². The molecular weight excluding hydrogens is 238 g/mol. The standard InChI is InChI=1S/C15H25N3O/c1-13(18-10-6-7-14(11-16)12-18)15(19)17-8-4-2-3-5-9-17/h13-14H,2-10,12H2,1H3. The number of nitriles is 1. The van der Waals surface area contributed by atoms with E-state index in [1.807, 2.05) is 11.8 Å². The van der Waals surface area contributed by atoms with Crippen LogP contribution in [0.15, 0.2) is 0 Å². The second kappa shape index (κ2) is 6.91. The molecule has 4 nitrogen and oxygen atoms in total. The average Bonchev–Trinajstić information content (AvgIpc) is 2.75. The summed E-state index contributed by atoms with van der Waals surface area (Å²) in [5.74, 6) is 0.369. The number of likely N-dealkylation sites (tertiary alicyclic amines) is 2. The van der Waals surface area contributed by atoms with Crippen molar-refractivity contribution in [1.29, 1.82) is 5.26 Å². The first-order valence-corrected chi connectivity index (χ1v) is 7.65. The van der Waals surface area contributed by atoms with E-state index in [4.69, 9.17) is 5.26 Å². The number of amides is 1. The molecule has 0 spiro atoms. The molecule has 2 heterocycles. The maximum atomic E-state index is 12.5. The Morgan fingerprint density at radius 2 is 1.84 bits per heavy atom. The van der Waals surface area contributed by atoms with Crippen molar-refractivity contribution in [2.24, 2.45) is 5.92 Å². The number of hydrogen-bond donors (Lipinski definition) is 0. The molecule has 106 valence electrons. The monoisotopic (exact) mass is 263 g/mol. The third-order valence-electron chi connectivity index (χ3n) is 4.46. The zero-order valence-corrected chi connectivity index (χ0v) is 12.0. The summed E-state index contributed by atoms with van der Waals surface area (Å²) in [7, 11) is 0. The van der Waals surface area contributed by atoms with Crippen LogP contribution in [0.4, 0.5) is 0 Å². The third kappa shape index (κ3) is 3.70. The summed E-state index contributed by atoms with van der Waals surface area (Å²) in [5, 5.41) is 9.04. The molecule has 0 saturated carbocycles. The molecule has 0 N–H and O–H groups in total. The second-order valence-electron chi connectivity index (χ2n) is 5.88. The molecule has 2 aliphatic heterocycles. The van der Waals surface area contributed by atoms with Crippen LogP contribution in [-0.2, 0) is 4.79 Å². The fraction of sp³-hybridized carbons (Fsp3) is 0.867. The van der Waals surface area contributed by atoms with Crippen LogP contribution in [0.5, 0.6) is 0 Å². The fourth-order valence-electron chi connectivity index (χ4n) is 3.18. The minimum absolute atomic E-state index is 0.0609. The fourth-order valence-corrected chi connectivity index (χ4v) is 3.18.